The fourth-order valence-electron chi connectivity index (χ4n) is 3.24. The first-order valence-corrected chi connectivity index (χ1v) is 8.44. The topological polar surface area (TPSA) is 21.3 Å². The van der Waals surface area contributed by atoms with Crippen LogP contribution in [-0.2, 0) is 4.74 Å². The van der Waals surface area contributed by atoms with E-state index in [4.69, 9.17) is 4.74 Å². The third-order valence-electron chi connectivity index (χ3n) is 4.40. The molecule has 1 aromatic heterocycles. The number of nitrogens with one attached hydrogen (secondary N) is 1. The molecule has 2 nitrogen and oxygen atoms in total. The third-order valence-corrected chi connectivity index (χ3v) is 5.38. The zero-order valence-corrected chi connectivity index (χ0v) is 13.1. The van der Waals surface area contributed by atoms with E-state index in [0.717, 1.165) is 12.5 Å². The molecule has 3 rings (SSSR count). The Balaban J connectivity index is 1.68. The van der Waals surface area contributed by atoms with Crippen LogP contribution in [0.25, 0.3) is 10.1 Å². The zero-order valence-electron chi connectivity index (χ0n) is 12.3. The number of ether oxygens (including phenoxy) is 1. The van der Waals surface area contributed by atoms with Crippen molar-refractivity contribution in [3.05, 3.63) is 35.2 Å². The van der Waals surface area contributed by atoms with E-state index in [1.165, 1.54) is 34.9 Å². The van der Waals surface area contributed by atoms with E-state index in [0.29, 0.717) is 12.1 Å². The van der Waals surface area contributed by atoms with Gasteiger partial charge in [-0.1, -0.05) is 18.2 Å². The first-order valence-electron chi connectivity index (χ1n) is 7.56. The molecule has 1 aliphatic rings. The fraction of sp³-hybridized carbons (Fsp3) is 0.529. The van der Waals surface area contributed by atoms with Gasteiger partial charge >= 0.3 is 0 Å². The van der Waals surface area contributed by atoms with Gasteiger partial charge in [0.2, 0.25) is 0 Å². The predicted octanol–water partition coefficient (Wildman–Crippen LogP) is 4.37. The molecule has 1 atom stereocenters. The molecule has 1 unspecified atom stereocenters. The van der Waals surface area contributed by atoms with Crippen LogP contribution in [0.3, 0.4) is 0 Å². The lowest BCUT2D eigenvalue weighted by Gasteiger charge is -2.37. The van der Waals surface area contributed by atoms with Crippen LogP contribution in [0.4, 0.5) is 0 Å². The normalized spacial score (nSPS) is 23.7. The maximum atomic E-state index is 5.67. The van der Waals surface area contributed by atoms with E-state index in [2.05, 4.69) is 48.9 Å². The Labute approximate surface area is 125 Å². The van der Waals surface area contributed by atoms with Crippen molar-refractivity contribution in [3.8, 4) is 0 Å². The summed E-state index contributed by atoms with van der Waals surface area (Å²) < 4.78 is 7.06. The van der Waals surface area contributed by atoms with E-state index in [-0.39, 0.29) is 0 Å². The molecule has 0 bridgehead atoms. The summed E-state index contributed by atoms with van der Waals surface area (Å²) in [5.74, 6) is 0.808. The third kappa shape index (κ3) is 2.76. The first-order chi connectivity index (χ1) is 9.81. The summed E-state index contributed by atoms with van der Waals surface area (Å²) in [6.07, 6.45) is 4.20. The van der Waals surface area contributed by atoms with Gasteiger partial charge in [0.1, 0.15) is 0 Å². The Kier molecular flexibility index (Phi) is 4.39. The molecule has 1 fully saturated rings. The van der Waals surface area contributed by atoms with Crippen molar-refractivity contribution in [1.29, 1.82) is 0 Å². The van der Waals surface area contributed by atoms with Crippen molar-refractivity contribution in [1.82, 2.24) is 5.32 Å². The molecule has 1 aromatic carbocycles. The molecular formula is C17H23NOS. The second-order valence-corrected chi connectivity index (χ2v) is 6.59. The van der Waals surface area contributed by atoms with Crippen LogP contribution in [0.2, 0.25) is 0 Å². The Morgan fingerprint density at radius 2 is 2.15 bits per heavy atom. The van der Waals surface area contributed by atoms with Gasteiger partial charge in [0.15, 0.2) is 0 Å². The highest BCUT2D eigenvalue weighted by atomic mass is 32.1. The molecule has 0 amide bonds. The van der Waals surface area contributed by atoms with E-state index in [1.54, 1.807) is 0 Å². The Morgan fingerprint density at radius 3 is 2.90 bits per heavy atom. The molecule has 0 radical (unpaired) electrons. The van der Waals surface area contributed by atoms with Crippen molar-refractivity contribution in [2.75, 3.05) is 13.7 Å². The highest BCUT2D eigenvalue weighted by Gasteiger charge is 2.31. The molecule has 1 saturated carbocycles. The average molecular weight is 289 g/mol. The van der Waals surface area contributed by atoms with E-state index < -0.39 is 0 Å². The summed E-state index contributed by atoms with van der Waals surface area (Å²) in [6, 6.07) is 9.19. The van der Waals surface area contributed by atoms with E-state index in [9.17, 15) is 0 Å². The zero-order chi connectivity index (χ0) is 13.9. The molecule has 0 aliphatic heterocycles. The molecule has 2 aromatic rings. The largest absolute Gasteiger partial charge is 0.378 e. The number of benzene rings is 1. The second kappa shape index (κ2) is 6.25. The monoisotopic (exact) mass is 289 g/mol. The lowest BCUT2D eigenvalue weighted by atomic mass is 9.77. The van der Waals surface area contributed by atoms with Gasteiger partial charge in [-0.3, -0.25) is 0 Å². The van der Waals surface area contributed by atoms with Crippen LogP contribution in [0.1, 0.15) is 37.8 Å². The summed E-state index contributed by atoms with van der Waals surface area (Å²) in [5.41, 5.74) is 1.47. The van der Waals surface area contributed by atoms with Gasteiger partial charge in [0.25, 0.3) is 0 Å². The molecule has 0 spiro atoms. The minimum absolute atomic E-state index is 0.471. The number of hydrogen-bond donors (Lipinski definition) is 1. The number of hydrogen-bond acceptors (Lipinski definition) is 3. The van der Waals surface area contributed by atoms with Crippen LogP contribution in [-0.4, -0.2) is 19.8 Å². The lowest BCUT2D eigenvalue weighted by molar-refractivity contribution is -0.0289. The van der Waals surface area contributed by atoms with Crippen molar-refractivity contribution in [2.24, 2.45) is 5.92 Å². The predicted molar refractivity (Wildman–Crippen MR) is 86.4 cm³/mol. The average Bonchev–Trinajstić information content (AvgIpc) is 2.85. The summed E-state index contributed by atoms with van der Waals surface area (Å²) >= 11 is 1.85. The molecule has 20 heavy (non-hydrogen) atoms. The fourth-order valence-corrected chi connectivity index (χ4v) is 4.26. The maximum absolute atomic E-state index is 5.67. The van der Waals surface area contributed by atoms with Crippen LogP contribution in [0.5, 0.6) is 0 Å². The lowest BCUT2D eigenvalue weighted by Crippen LogP contribution is -2.34. The minimum Gasteiger partial charge on any atom is -0.378 e. The van der Waals surface area contributed by atoms with E-state index >= 15 is 0 Å². The van der Waals surface area contributed by atoms with Crippen molar-refractivity contribution < 1.29 is 4.74 Å². The second-order valence-electron chi connectivity index (χ2n) is 5.68. The van der Waals surface area contributed by atoms with Crippen molar-refractivity contribution in [2.45, 2.75) is 38.3 Å². The Hall–Kier alpha value is -0.900. The summed E-state index contributed by atoms with van der Waals surface area (Å²) in [7, 11) is 2.08. The molecular weight excluding hydrogens is 266 g/mol. The smallest absolute Gasteiger partial charge is 0.0580 e. The highest BCUT2D eigenvalue weighted by molar-refractivity contribution is 7.17. The van der Waals surface area contributed by atoms with Gasteiger partial charge in [-0.15, -0.1) is 11.3 Å². The van der Waals surface area contributed by atoms with E-state index in [1.807, 2.05) is 11.3 Å². The van der Waals surface area contributed by atoms with Crippen molar-refractivity contribution >= 4 is 21.4 Å². The van der Waals surface area contributed by atoms with Crippen molar-refractivity contribution in [3.63, 3.8) is 0 Å². The molecule has 0 saturated heterocycles. The molecule has 1 aliphatic carbocycles. The SMILES string of the molecule is CCOC1CC(CC(NC)c2csc3ccccc23)C1. The van der Waals surface area contributed by atoms with Crippen LogP contribution < -0.4 is 5.32 Å². The van der Waals surface area contributed by atoms with Crippen LogP contribution in [0.15, 0.2) is 29.6 Å². The first kappa shape index (κ1) is 14.1. The maximum Gasteiger partial charge on any atom is 0.0580 e. The summed E-state index contributed by atoms with van der Waals surface area (Å²) in [5, 5.41) is 7.25. The Morgan fingerprint density at radius 1 is 1.35 bits per heavy atom. The summed E-state index contributed by atoms with van der Waals surface area (Å²) in [6.45, 7) is 2.93. The van der Waals surface area contributed by atoms with Gasteiger partial charge in [-0.25, -0.2) is 0 Å². The number of rotatable bonds is 6. The molecule has 3 heteroatoms. The molecule has 1 N–H and O–H groups in total. The van der Waals surface area contributed by atoms with Gasteiger partial charge in [-0.2, -0.15) is 0 Å². The Bertz CT molecular complexity index is 559. The number of fused-ring (bicyclic) bond motifs is 1. The molecule has 108 valence electrons. The summed E-state index contributed by atoms with van der Waals surface area (Å²) in [4.78, 5) is 0. The van der Waals surface area contributed by atoms with Gasteiger partial charge < -0.3 is 10.1 Å². The molecule has 1 heterocycles. The minimum atomic E-state index is 0.471. The van der Waals surface area contributed by atoms with Gasteiger partial charge in [-0.05, 0) is 61.5 Å². The number of thiophene rings is 1. The standard InChI is InChI=1S/C17H23NOS/c1-3-19-13-8-12(9-13)10-16(18-2)15-11-20-17-7-5-4-6-14(15)17/h4-7,11-13,16,18H,3,8-10H2,1-2H3. The van der Waals surface area contributed by atoms with Crippen LogP contribution in [0, 0.1) is 5.92 Å². The van der Waals surface area contributed by atoms with Crippen LogP contribution >= 0.6 is 11.3 Å². The quantitative estimate of drug-likeness (QED) is 0.852. The highest BCUT2D eigenvalue weighted by Crippen LogP contribution is 2.39. The van der Waals surface area contributed by atoms with Gasteiger partial charge in [0.05, 0.1) is 6.10 Å². The van der Waals surface area contributed by atoms with Gasteiger partial charge in [0, 0.05) is 17.3 Å².